The zero-order chi connectivity index (χ0) is 15.4. The van der Waals surface area contributed by atoms with Crippen LogP contribution in [0.5, 0.6) is 0 Å². The number of aliphatic carboxylic acids is 1. The lowest BCUT2D eigenvalue weighted by molar-refractivity contribution is -0.136. The van der Waals surface area contributed by atoms with Crippen LogP contribution >= 0.6 is 0 Å². The van der Waals surface area contributed by atoms with Gasteiger partial charge in [-0.15, -0.1) is 0 Å². The van der Waals surface area contributed by atoms with Crippen molar-refractivity contribution in [3.05, 3.63) is 58.0 Å². The molecule has 0 radical (unpaired) electrons. The molecule has 0 unspecified atom stereocenters. The third-order valence-corrected chi connectivity index (χ3v) is 2.73. The first-order chi connectivity index (χ1) is 9.95. The molecule has 21 heavy (non-hydrogen) atoms. The molecule has 1 amide bonds. The predicted molar refractivity (Wildman–Crippen MR) is 75.2 cm³/mol. The molecule has 1 aromatic heterocycles. The number of benzene rings is 1. The van der Waals surface area contributed by atoms with Crippen molar-refractivity contribution in [2.45, 2.75) is 6.42 Å². The number of rotatable bonds is 4. The summed E-state index contributed by atoms with van der Waals surface area (Å²) in [6.45, 7) is 0. The van der Waals surface area contributed by atoms with Gasteiger partial charge in [0.05, 0.1) is 6.42 Å². The molecule has 0 atom stereocenters. The van der Waals surface area contributed by atoms with Gasteiger partial charge in [-0.25, -0.2) is 4.68 Å². The first-order valence-electron chi connectivity index (χ1n) is 6.12. The normalized spacial score (nSPS) is 10.1. The van der Waals surface area contributed by atoms with Crippen LogP contribution in [0.3, 0.4) is 0 Å². The van der Waals surface area contributed by atoms with E-state index in [1.54, 1.807) is 24.3 Å². The van der Waals surface area contributed by atoms with Crippen molar-refractivity contribution in [1.29, 1.82) is 0 Å². The second-order valence-electron chi connectivity index (χ2n) is 4.41. The molecule has 7 heteroatoms. The van der Waals surface area contributed by atoms with Gasteiger partial charge in [-0.1, -0.05) is 12.1 Å². The molecular weight excluding hydrogens is 274 g/mol. The Kier molecular flexibility index (Phi) is 4.13. The highest BCUT2D eigenvalue weighted by molar-refractivity contribution is 6.02. The van der Waals surface area contributed by atoms with Gasteiger partial charge in [0.2, 0.25) is 0 Å². The van der Waals surface area contributed by atoms with E-state index in [9.17, 15) is 14.4 Å². The Balaban J connectivity index is 2.17. The van der Waals surface area contributed by atoms with Crippen molar-refractivity contribution >= 4 is 17.6 Å². The van der Waals surface area contributed by atoms with E-state index in [1.807, 2.05) is 0 Å². The Labute approximate surface area is 119 Å². The molecule has 0 saturated heterocycles. The highest BCUT2D eigenvalue weighted by Crippen LogP contribution is 2.12. The van der Waals surface area contributed by atoms with Crippen molar-refractivity contribution in [3.8, 4) is 0 Å². The molecule has 2 aromatic rings. The second kappa shape index (κ2) is 6.00. The summed E-state index contributed by atoms with van der Waals surface area (Å²) in [7, 11) is 1.45. The number of anilines is 1. The highest BCUT2D eigenvalue weighted by Gasteiger charge is 2.09. The van der Waals surface area contributed by atoms with Crippen molar-refractivity contribution in [2.75, 3.05) is 5.32 Å². The topological polar surface area (TPSA) is 101 Å². The van der Waals surface area contributed by atoms with Gasteiger partial charge in [0.15, 0.2) is 0 Å². The van der Waals surface area contributed by atoms with E-state index in [0.717, 1.165) is 4.68 Å². The van der Waals surface area contributed by atoms with Gasteiger partial charge in [-0.2, -0.15) is 5.10 Å². The number of hydrogen-bond acceptors (Lipinski definition) is 4. The summed E-state index contributed by atoms with van der Waals surface area (Å²) in [5.41, 5.74) is 0.832. The fourth-order valence-corrected chi connectivity index (χ4v) is 1.75. The minimum Gasteiger partial charge on any atom is -0.481 e. The maximum atomic E-state index is 12.0. The van der Waals surface area contributed by atoms with Crippen molar-refractivity contribution in [2.24, 2.45) is 7.05 Å². The maximum absolute atomic E-state index is 12.0. The molecule has 1 aromatic carbocycles. The molecule has 1 heterocycles. The number of nitrogens with zero attached hydrogens (tertiary/aromatic N) is 2. The third-order valence-electron chi connectivity index (χ3n) is 2.73. The average Bonchev–Trinajstić information content (AvgIpc) is 2.41. The lowest BCUT2D eigenvalue weighted by atomic mass is 10.1. The first-order valence-corrected chi connectivity index (χ1v) is 6.12. The lowest BCUT2D eigenvalue weighted by Crippen LogP contribution is -2.23. The van der Waals surface area contributed by atoms with Gasteiger partial charge in [0, 0.05) is 18.8 Å². The van der Waals surface area contributed by atoms with E-state index >= 15 is 0 Å². The number of nitrogens with one attached hydrogen (secondary N) is 1. The number of carboxylic acids is 1. The summed E-state index contributed by atoms with van der Waals surface area (Å²) < 4.78 is 1.07. The van der Waals surface area contributed by atoms with Crippen LogP contribution in [-0.4, -0.2) is 26.8 Å². The lowest BCUT2D eigenvalue weighted by Gasteiger charge is -2.06. The van der Waals surface area contributed by atoms with Crippen LogP contribution in [0.4, 0.5) is 5.69 Å². The quantitative estimate of drug-likeness (QED) is 0.860. The highest BCUT2D eigenvalue weighted by atomic mass is 16.4. The smallest absolute Gasteiger partial charge is 0.307 e. The fourth-order valence-electron chi connectivity index (χ4n) is 1.75. The van der Waals surface area contributed by atoms with Gasteiger partial charge in [-0.05, 0) is 23.8 Å². The average molecular weight is 287 g/mol. The number of aromatic nitrogens is 2. The Hall–Kier alpha value is -2.96. The first kappa shape index (κ1) is 14.4. The van der Waals surface area contributed by atoms with Crippen LogP contribution in [0, 0.1) is 0 Å². The number of amides is 1. The molecule has 7 nitrogen and oxygen atoms in total. The number of carbonyl (C=O) groups is 2. The summed E-state index contributed by atoms with van der Waals surface area (Å²) in [5.74, 6) is -1.42. The largest absolute Gasteiger partial charge is 0.481 e. The summed E-state index contributed by atoms with van der Waals surface area (Å²) in [6.07, 6.45) is -0.123. The minimum absolute atomic E-state index is 0.0979. The van der Waals surface area contributed by atoms with Gasteiger partial charge in [0.25, 0.3) is 11.5 Å². The second-order valence-corrected chi connectivity index (χ2v) is 4.41. The zero-order valence-corrected chi connectivity index (χ0v) is 11.2. The zero-order valence-electron chi connectivity index (χ0n) is 11.2. The Bertz CT molecular complexity index is 752. The molecular formula is C14H13N3O4. The van der Waals surface area contributed by atoms with Crippen LogP contribution in [0.2, 0.25) is 0 Å². The summed E-state index contributed by atoms with van der Waals surface area (Å²) >= 11 is 0. The maximum Gasteiger partial charge on any atom is 0.307 e. The van der Waals surface area contributed by atoms with E-state index in [4.69, 9.17) is 5.11 Å². The Morgan fingerprint density at radius 2 is 2.05 bits per heavy atom. The summed E-state index contributed by atoms with van der Waals surface area (Å²) in [5, 5.41) is 15.2. The van der Waals surface area contributed by atoms with E-state index < -0.39 is 11.9 Å². The minimum atomic E-state index is -0.946. The standard InChI is InChI=1S/C14H13N3O4/c1-17-12(18)6-5-11(16-17)14(21)15-10-4-2-3-9(7-10)8-13(19)20/h2-7H,8H2,1H3,(H,15,21)(H,19,20). The van der Waals surface area contributed by atoms with Gasteiger partial charge >= 0.3 is 5.97 Å². The molecule has 0 aliphatic heterocycles. The van der Waals surface area contributed by atoms with Crippen LogP contribution in [0.15, 0.2) is 41.2 Å². The van der Waals surface area contributed by atoms with E-state index in [1.165, 1.54) is 19.2 Å². The number of carbonyl (C=O) groups excluding carboxylic acids is 1. The van der Waals surface area contributed by atoms with E-state index in [2.05, 4.69) is 10.4 Å². The van der Waals surface area contributed by atoms with Gasteiger partial charge in [0.1, 0.15) is 5.69 Å². The van der Waals surface area contributed by atoms with Crippen LogP contribution < -0.4 is 10.9 Å². The molecule has 0 bridgehead atoms. The molecule has 0 aliphatic rings. The fraction of sp³-hybridized carbons (Fsp3) is 0.143. The van der Waals surface area contributed by atoms with Crippen LogP contribution in [-0.2, 0) is 18.3 Å². The monoisotopic (exact) mass is 287 g/mol. The van der Waals surface area contributed by atoms with Gasteiger partial charge < -0.3 is 10.4 Å². The Morgan fingerprint density at radius 1 is 1.29 bits per heavy atom. The van der Waals surface area contributed by atoms with Crippen molar-refractivity contribution < 1.29 is 14.7 Å². The van der Waals surface area contributed by atoms with E-state index in [0.29, 0.717) is 11.3 Å². The number of aryl methyl sites for hydroxylation is 1. The molecule has 0 fully saturated rings. The number of hydrogen-bond donors (Lipinski definition) is 2. The van der Waals surface area contributed by atoms with Crippen LogP contribution in [0.25, 0.3) is 0 Å². The molecule has 2 rings (SSSR count). The van der Waals surface area contributed by atoms with E-state index in [-0.39, 0.29) is 17.7 Å². The molecule has 2 N–H and O–H groups in total. The Morgan fingerprint density at radius 3 is 2.71 bits per heavy atom. The predicted octanol–water partition coefficient (Wildman–Crippen LogP) is 0.660. The van der Waals surface area contributed by atoms with Crippen molar-refractivity contribution in [3.63, 3.8) is 0 Å². The van der Waals surface area contributed by atoms with Crippen molar-refractivity contribution in [1.82, 2.24) is 9.78 Å². The molecule has 0 spiro atoms. The van der Waals surface area contributed by atoms with Gasteiger partial charge in [-0.3, -0.25) is 14.4 Å². The summed E-state index contributed by atoms with van der Waals surface area (Å²) in [6, 6.07) is 9.12. The van der Waals surface area contributed by atoms with Crippen LogP contribution in [0.1, 0.15) is 16.1 Å². The molecule has 0 saturated carbocycles. The molecule has 0 aliphatic carbocycles. The molecule has 108 valence electrons. The number of carboxylic acid groups (broad SMARTS) is 1. The SMILES string of the molecule is Cn1nc(C(=O)Nc2cccc(CC(=O)O)c2)ccc1=O. The summed E-state index contributed by atoms with van der Waals surface area (Å²) in [4.78, 5) is 33.9. The third kappa shape index (κ3) is 3.75.